The fourth-order valence-corrected chi connectivity index (χ4v) is 1.94. The molecule has 1 fully saturated rings. The maximum absolute atomic E-state index is 5.24. The van der Waals surface area contributed by atoms with Gasteiger partial charge in [0.15, 0.2) is 5.82 Å². The van der Waals surface area contributed by atoms with Crippen molar-refractivity contribution < 1.29 is 4.52 Å². The Morgan fingerprint density at radius 1 is 1.27 bits per heavy atom. The van der Waals surface area contributed by atoms with Crippen LogP contribution in [0.5, 0.6) is 0 Å². The molecule has 0 aliphatic heterocycles. The van der Waals surface area contributed by atoms with Crippen LogP contribution in [0.3, 0.4) is 0 Å². The van der Waals surface area contributed by atoms with Crippen LogP contribution >= 0.6 is 15.9 Å². The number of nitrogens with zero attached hydrogens (tertiary/aromatic N) is 2. The molecule has 76 valence electrons. The summed E-state index contributed by atoms with van der Waals surface area (Å²) in [6, 6.07) is 7.86. The standard InChI is InChI=1S/C11H9BrN2O/c12-9-4-2-1-3-8(9)11-13-10(14-15-11)7-5-6-7/h1-4,7H,5-6H2. The molecular formula is C11H9BrN2O. The van der Waals surface area contributed by atoms with E-state index in [1.165, 1.54) is 12.8 Å². The first-order valence-electron chi connectivity index (χ1n) is 4.93. The second-order valence-electron chi connectivity index (χ2n) is 3.71. The first kappa shape index (κ1) is 9.09. The Hall–Kier alpha value is -1.16. The van der Waals surface area contributed by atoms with E-state index in [9.17, 15) is 0 Å². The first-order valence-corrected chi connectivity index (χ1v) is 5.72. The Morgan fingerprint density at radius 3 is 2.80 bits per heavy atom. The minimum Gasteiger partial charge on any atom is -0.334 e. The zero-order valence-electron chi connectivity index (χ0n) is 7.98. The van der Waals surface area contributed by atoms with Gasteiger partial charge >= 0.3 is 0 Å². The van der Waals surface area contributed by atoms with Crippen LogP contribution in [0.1, 0.15) is 24.6 Å². The van der Waals surface area contributed by atoms with Crippen molar-refractivity contribution in [3.8, 4) is 11.5 Å². The summed E-state index contributed by atoms with van der Waals surface area (Å²) in [5, 5.41) is 3.99. The van der Waals surface area contributed by atoms with Gasteiger partial charge in [-0.2, -0.15) is 4.98 Å². The van der Waals surface area contributed by atoms with E-state index in [0.717, 1.165) is 15.9 Å². The molecule has 0 saturated heterocycles. The van der Waals surface area contributed by atoms with Crippen LogP contribution in [0.15, 0.2) is 33.3 Å². The van der Waals surface area contributed by atoms with Gasteiger partial charge in [-0.1, -0.05) is 17.3 Å². The van der Waals surface area contributed by atoms with Gasteiger partial charge in [0.1, 0.15) is 0 Å². The van der Waals surface area contributed by atoms with E-state index >= 15 is 0 Å². The predicted molar refractivity (Wildman–Crippen MR) is 59.4 cm³/mol. The number of halogens is 1. The minimum atomic E-state index is 0.532. The second kappa shape index (κ2) is 3.45. The van der Waals surface area contributed by atoms with Crippen molar-refractivity contribution >= 4 is 15.9 Å². The van der Waals surface area contributed by atoms with Crippen LogP contribution < -0.4 is 0 Å². The van der Waals surface area contributed by atoms with E-state index in [0.29, 0.717) is 11.8 Å². The van der Waals surface area contributed by atoms with Gasteiger partial charge in [0.25, 0.3) is 5.89 Å². The van der Waals surface area contributed by atoms with Crippen molar-refractivity contribution in [2.45, 2.75) is 18.8 Å². The number of aromatic nitrogens is 2. The van der Waals surface area contributed by atoms with E-state index < -0.39 is 0 Å². The zero-order chi connectivity index (χ0) is 10.3. The first-order chi connectivity index (χ1) is 7.34. The van der Waals surface area contributed by atoms with E-state index in [1.807, 2.05) is 24.3 Å². The molecule has 3 rings (SSSR count). The summed E-state index contributed by atoms with van der Waals surface area (Å²) < 4.78 is 6.22. The topological polar surface area (TPSA) is 38.9 Å². The molecule has 0 atom stereocenters. The summed E-state index contributed by atoms with van der Waals surface area (Å²) in [7, 11) is 0. The lowest BCUT2D eigenvalue weighted by Crippen LogP contribution is -1.82. The average molecular weight is 265 g/mol. The molecule has 0 spiro atoms. The van der Waals surface area contributed by atoms with Crippen molar-refractivity contribution in [1.29, 1.82) is 0 Å². The van der Waals surface area contributed by atoms with Gasteiger partial charge in [0.2, 0.25) is 0 Å². The fourth-order valence-electron chi connectivity index (χ4n) is 1.49. The van der Waals surface area contributed by atoms with Gasteiger partial charge < -0.3 is 4.52 Å². The van der Waals surface area contributed by atoms with Crippen LogP contribution in [0.2, 0.25) is 0 Å². The molecule has 2 aromatic rings. The maximum Gasteiger partial charge on any atom is 0.259 e. The summed E-state index contributed by atoms with van der Waals surface area (Å²) >= 11 is 3.47. The van der Waals surface area contributed by atoms with Crippen molar-refractivity contribution in [1.82, 2.24) is 10.1 Å². The van der Waals surface area contributed by atoms with Gasteiger partial charge in [0.05, 0.1) is 5.56 Å². The largest absolute Gasteiger partial charge is 0.334 e. The monoisotopic (exact) mass is 264 g/mol. The molecule has 0 radical (unpaired) electrons. The maximum atomic E-state index is 5.24. The molecule has 4 heteroatoms. The summed E-state index contributed by atoms with van der Waals surface area (Å²) in [5.41, 5.74) is 0.955. The van der Waals surface area contributed by atoms with Gasteiger partial charge in [-0.05, 0) is 40.9 Å². The molecule has 1 aliphatic rings. The molecule has 1 aromatic carbocycles. The summed E-state index contributed by atoms with van der Waals surface area (Å²) in [6.45, 7) is 0. The lowest BCUT2D eigenvalue weighted by atomic mass is 10.2. The molecule has 15 heavy (non-hydrogen) atoms. The van der Waals surface area contributed by atoms with Gasteiger partial charge in [-0.25, -0.2) is 0 Å². The Balaban J connectivity index is 2.01. The molecule has 1 aromatic heterocycles. The highest BCUT2D eigenvalue weighted by Crippen LogP contribution is 2.39. The highest BCUT2D eigenvalue weighted by atomic mass is 79.9. The third kappa shape index (κ3) is 1.69. The minimum absolute atomic E-state index is 0.532. The smallest absolute Gasteiger partial charge is 0.259 e. The van der Waals surface area contributed by atoms with E-state index in [1.54, 1.807) is 0 Å². The quantitative estimate of drug-likeness (QED) is 0.835. The fraction of sp³-hybridized carbons (Fsp3) is 0.273. The van der Waals surface area contributed by atoms with Gasteiger partial charge in [0, 0.05) is 10.4 Å². The molecule has 1 saturated carbocycles. The van der Waals surface area contributed by atoms with Crippen LogP contribution in [-0.4, -0.2) is 10.1 Å². The lowest BCUT2D eigenvalue weighted by molar-refractivity contribution is 0.422. The van der Waals surface area contributed by atoms with Crippen LogP contribution in [0.4, 0.5) is 0 Å². The molecule has 0 bridgehead atoms. The molecule has 0 amide bonds. The highest BCUT2D eigenvalue weighted by molar-refractivity contribution is 9.10. The Kier molecular flexibility index (Phi) is 2.09. The average Bonchev–Trinajstić information content (AvgIpc) is 2.99. The SMILES string of the molecule is Brc1ccccc1-c1nc(C2CC2)no1. The van der Waals surface area contributed by atoms with E-state index in [2.05, 4.69) is 26.1 Å². The number of hydrogen-bond acceptors (Lipinski definition) is 3. The second-order valence-corrected chi connectivity index (χ2v) is 4.57. The summed E-state index contributed by atoms with van der Waals surface area (Å²) in [4.78, 5) is 4.40. The van der Waals surface area contributed by atoms with Crippen LogP contribution in [-0.2, 0) is 0 Å². The molecule has 0 N–H and O–H groups in total. The Morgan fingerprint density at radius 2 is 2.07 bits per heavy atom. The Labute approximate surface area is 95.6 Å². The molecule has 1 heterocycles. The normalized spacial score (nSPS) is 15.5. The Bertz CT molecular complexity index is 491. The number of rotatable bonds is 2. The highest BCUT2D eigenvalue weighted by Gasteiger charge is 2.29. The van der Waals surface area contributed by atoms with E-state index in [4.69, 9.17) is 4.52 Å². The summed E-state index contributed by atoms with van der Waals surface area (Å²) in [6.07, 6.45) is 2.38. The molecule has 0 unspecified atom stereocenters. The lowest BCUT2D eigenvalue weighted by Gasteiger charge is -1.95. The van der Waals surface area contributed by atoms with Crippen LogP contribution in [0.25, 0.3) is 11.5 Å². The zero-order valence-corrected chi connectivity index (χ0v) is 9.57. The molecule has 3 nitrogen and oxygen atoms in total. The molecular weight excluding hydrogens is 256 g/mol. The molecule has 1 aliphatic carbocycles. The number of benzene rings is 1. The van der Waals surface area contributed by atoms with Gasteiger partial charge in [-0.3, -0.25) is 0 Å². The van der Waals surface area contributed by atoms with E-state index in [-0.39, 0.29) is 0 Å². The van der Waals surface area contributed by atoms with Crippen molar-refractivity contribution in [2.75, 3.05) is 0 Å². The third-order valence-electron chi connectivity index (χ3n) is 2.49. The van der Waals surface area contributed by atoms with Crippen molar-refractivity contribution in [3.63, 3.8) is 0 Å². The third-order valence-corrected chi connectivity index (χ3v) is 3.18. The van der Waals surface area contributed by atoms with Crippen molar-refractivity contribution in [2.24, 2.45) is 0 Å². The number of hydrogen-bond donors (Lipinski definition) is 0. The van der Waals surface area contributed by atoms with Gasteiger partial charge in [-0.15, -0.1) is 0 Å². The predicted octanol–water partition coefficient (Wildman–Crippen LogP) is 3.38. The van der Waals surface area contributed by atoms with Crippen LogP contribution in [0, 0.1) is 0 Å². The summed E-state index contributed by atoms with van der Waals surface area (Å²) in [5.74, 6) is 1.98. The van der Waals surface area contributed by atoms with Crippen molar-refractivity contribution in [3.05, 3.63) is 34.6 Å².